The molecule has 0 atom stereocenters. The van der Waals surface area contributed by atoms with E-state index in [1.54, 1.807) is 0 Å². The second-order valence-electron chi connectivity index (χ2n) is 4.88. The summed E-state index contributed by atoms with van der Waals surface area (Å²) in [6.07, 6.45) is 1.13. The molecule has 0 amide bonds. The molecule has 3 rings (SSSR count). The first kappa shape index (κ1) is 12.3. The molecule has 7 heteroatoms. The topological polar surface area (TPSA) is 56.2 Å². The van der Waals surface area contributed by atoms with Gasteiger partial charge in [-0.3, -0.25) is 0 Å². The molecule has 0 bridgehead atoms. The molecule has 1 saturated carbocycles. The lowest BCUT2D eigenvalue weighted by Gasteiger charge is -2.11. The number of halogens is 3. The van der Waals surface area contributed by atoms with E-state index in [-0.39, 0.29) is 17.4 Å². The van der Waals surface area contributed by atoms with Gasteiger partial charge in [-0.25, -0.2) is 9.50 Å². The predicted octanol–water partition coefficient (Wildman–Crippen LogP) is 2.99. The maximum Gasteiger partial charge on any atom is 0.433 e. The molecule has 19 heavy (non-hydrogen) atoms. The first-order valence-electron chi connectivity index (χ1n) is 6.18. The minimum Gasteiger partial charge on any atom is -0.384 e. The standard InChI is InChI=1S/C12H13F3N4/c13-12(14,15)9-5-10(16)18-11-8(6-17-19(9)11)7-3-1-2-4-7/h5-7H,1-4H2,(H2,16,18). The van der Waals surface area contributed by atoms with Gasteiger partial charge in [-0.15, -0.1) is 0 Å². The monoisotopic (exact) mass is 270 g/mol. The van der Waals surface area contributed by atoms with E-state index in [1.807, 2.05) is 0 Å². The number of nitrogen functional groups attached to an aromatic ring is 1. The van der Waals surface area contributed by atoms with Crippen molar-refractivity contribution in [3.05, 3.63) is 23.5 Å². The molecule has 2 aromatic rings. The number of alkyl halides is 3. The Morgan fingerprint density at radius 2 is 1.95 bits per heavy atom. The van der Waals surface area contributed by atoms with E-state index in [4.69, 9.17) is 5.73 Å². The Morgan fingerprint density at radius 3 is 2.58 bits per heavy atom. The number of nitrogens with two attached hydrogens (primary N) is 1. The molecule has 1 aliphatic rings. The van der Waals surface area contributed by atoms with Crippen molar-refractivity contribution in [3.8, 4) is 0 Å². The van der Waals surface area contributed by atoms with Gasteiger partial charge in [0.2, 0.25) is 0 Å². The molecular weight excluding hydrogens is 257 g/mol. The highest BCUT2D eigenvalue weighted by molar-refractivity contribution is 5.54. The summed E-state index contributed by atoms with van der Waals surface area (Å²) in [4.78, 5) is 4.03. The largest absolute Gasteiger partial charge is 0.433 e. The Labute approximate surface area is 107 Å². The summed E-state index contributed by atoms with van der Waals surface area (Å²) in [5.74, 6) is 0.118. The summed E-state index contributed by atoms with van der Waals surface area (Å²) in [5.41, 5.74) is 5.63. The van der Waals surface area contributed by atoms with Crippen LogP contribution in [0.25, 0.3) is 5.65 Å². The van der Waals surface area contributed by atoms with Gasteiger partial charge < -0.3 is 5.73 Å². The number of aromatic nitrogens is 3. The van der Waals surface area contributed by atoms with Gasteiger partial charge >= 0.3 is 6.18 Å². The van der Waals surface area contributed by atoms with Crippen molar-refractivity contribution < 1.29 is 13.2 Å². The molecule has 1 fully saturated rings. The third-order valence-electron chi connectivity index (χ3n) is 3.60. The average molecular weight is 270 g/mol. The van der Waals surface area contributed by atoms with E-state index < -0.39 is 11.9 Å². The molecule has 0 aliphatic heterocycles. The second-order valence-corrected chi connectivity index (χ2v) is 4.88. The van der Waals surface area contributed by atoms with Crippen LogP contribution < -0.4 is 5.73 Å². The molecule has 2 N–H and O–H groups in total. The normalized spacial score (nSPS) is 17.4. The molecule has 0 radical (unpaired) electrons. The van der Waals surface area contributed by atoms with Crippen LogP contribution in [0.15, 0.2) is 12.3 Å². The summed E-state index contributed by atoms with van der Waals surface area (Å²) >= 11 is 0. The summed E-state index contributed by atoms with van der Waals surface area (Å²) in [6.45, 7) is 0. The molecular formula is C12H13F3N4. The molecule has 0 saturated heterocycles. The van der Waals surface area contributed by atoms with E-state index in [0.29, 0.717) is 0 Å². The minimum atomic E-state index is -4.49. The molecule has 1 aliphatic carbocycles. The van der Waals surface area contributed by atoms with E-state index in [1.165, 1.54) is 6.20 Å². The lowest BCUT2D eigenvalue weighted by molar-refractivity contribution is -0.142. The smallest absolute Gasteiger partial charge is 0.384 e. The van der Waals surface area contributed by atoms with Crippen LogP contribution in [0.4, 0.5) is 19.0 Å². The molecule has 102 valence electrons. The van der Waals surface area contributed by atoms with Crippen molar-refractivity contribution >= 4 is 11.5 Å². The quantitative estimate of drug-likeness (QED) is 0.866. The van der Waals surface area contributed by atoms with Gasteiger partial charge in [0.15, 0.2) is 11.3 Å². The van der Waals surface area contributed by atoms with Crippen molar-refractivity contribution in [1.29, 1.82) is 0 Å². The van der Waals surface area contributed by atoms with Crippen LogP contribution in [0.5, 0.6) is 0 Å². The number of fused-ring (bicyclic) bond motifs is 1. The van der Waals surface area contributed by atoms with Crippen LogP contribution in [0.2, 0.25) is 0 Å². The van der Waals surface area contributed by atoms with Crippen LogP contribution >= 0.6 is 0 Å². The van der Waals surface area contributed by atoms with Crippen LogP contribution in [0.1, 0.15) is 42.9 Å². The zero-order chi connectivity index (χ0) is 13.6. The average Bonchev–Trinajstić information content (AvgIpc) is 2.93. The Hall–Kier alpha value is -1.79. The van der Waals surface area contributed by atoms with Gasteiger partial charge in [-0.05, 0) is 18.8 Å². The second kappa shape index (κ2) is 4.11. The SMILES string of the molecule is Nc1cc(C(F)(F)F)n2ncc(C3CCCC3)c2n1. The number of hydrogen-bond donors (Lipinski definition) is 1. The first-order chi connectivity index (χ1) is 8.97. The number of anilines is 1. The van der Waals surface area contributed by atoms with Crippen LogP contribution in [-0.4, -0.2) is 14.6 Å². The molecule has 4 nitrogen and oxygen atoms in total. The highest BCUT2D eigenvalue weighted by atomic mass is 19.4. The predicted molar refractivity (Wildman–Crippen MR) is 63.6 cm³/mol. The summed E-state index contributed by atoms with van der Waals surface area (Å²) < 4.78 is 39.7. The summed E-state index contributed by atoms with van der Waals surface area (Å²) in [7, 11) is 0. The number of nitrogens with zero attached hydrogens (tertiary/aromatic N) is 3. The summed E-state index contributed by atoms with van der Waals surface area (Å²) in [5, 5.41) is 3.85. The van der Waals surface area contributed by atoms with Gasteiger partial charge in [0.25, 0.3) is 0 Å². The van der Waals surface area contributed by atoms with E-state index in [9.17, 15) is 13.2 Å². The summed E-state index contributed by atoms with van der Waals surface area (Å²) in [6, 6.07) is 0.818. The van der Waals surface area contributed by atoms with Gasteiger partial charge in [-0.1, -0.05) is 12.8 Å². The fraction of sp³-hybridized carbons (Fsp3) is 0.500. The third kappa shape index (κ3) is 2.02. The maximum atomic E-state index is 12.9. The Kier molecular flexibility index (Phi) is 2.65. The molecule has 0 unspecified atom stereocenters. The Balaban J connectivity index is 2.20. The van der Waals surface area contributed by atoms with Gasteiger partial charge in [0.05, 0.1) is 6.20 Å². The van der Waals surface area contributed by atoms with Gasteiger partial charge in [0, 0.05) is 11.6 Å². The molecule has 0 aromatic carbocycles. The van der Waals surface area contributed by atoms with Gasteiger partial charge in [-0.2, -0.15) is 18.3 Å². The highest BCUT2D eigenvalue weighted by Crippen LogP contribution is 2.37. The fourth-order valence-corrected chi connectivity index (χ4v) is 2.73. The Morgan fingerprint density at radius 1 is 1.26 bits per heavy atom. The van der Waals surface area contributed by atoms with Crippen molar-refractivity contribution in [2.75, 3.05) is 5.73 Å². The zero-order valence-corrected chi connectivity index (χ0v) is 10.1. The Bertz CT molecular complexity index is 611. The van der Waals surface area contributed by atoms with E-state index in [2.05, 4.69) is 10.1 Å². The van der Waals surface area contributed by atoms with Gasteiger partial charge in [0.1, 0.15) is 5.82 Å². The minimum absolute atomic E-state index is 0.125. The maximum absolute atomic E-state index is 12.9. The third-order valence-corrected chi connectivity index (χ3v) is 3.60. The van der Waals surface area contributed by atoms with Crippen LogP contribution in [-0.2, 0) is 6.18 Å². The van der Waals surface area contributed by atoms with Crippen LogP contribution in [0, 0.1) is 0 Å². The number of rotatable bonds is 1. The van der Waals surface area contributed by atoms with Crippen molar-refractivity contribution in [1.82, 2.24) is 14.6 Å². The molecule has 0 spiro atoms. The van der Waals surface area contributed by atoms with Crippen LogP contribution in [0.3, 0.4) is 0 Å². The number of hydrogen-bond acceptors (Lipinski definition) is 3. The lowest BCUT2D eigenvalue weighted by atomic mass is 10.0. The van der Waals surface area contributed by atoms with E-state index >= 15 is 0 Å². The highest BCUT2D eigenvalue weighted by Gasteiger charge is 2.35. The van der Waals surface area contributed by atoms with E-state index in [0.717, 1.165) is 41.8 Å². The fourth-order valence-electron chi connectivity index (χ4n) is 2.73. The van der Waals surface area contributed by atoms with Crippen molar-refractivity contribution in [2.24, 2.45) is 0 Å². The first-order valence-corrected chi connectivity index (χ1v) is 6.18. The molecule has 2 aromatic heterocycles. The van der Waals surface area contributed by atoms with Crippen molar-refractivity contribution in [2.45, 2.75) is 37.8 Å². The van der Waals surface area contributed by atoms with Crippen molar-refractivity contribution in [3.63, 3.8) is 0 Å². The molecule has 2 heterocycles. The lowest BCUT2D eigenvalue weighted by Crippen LogP contribution is -2.14. The zero-order valence-electron chi connectivity index (χ0n) is 10.1.